The number of nitrogens with zero attached hydrogens (tertiary/aromatic N) is 3. The normalized spacial score (nSPS) is 14.1. The molecule has 2 aromatic carbocycles. The molecule has 1 fully saturated rings. The minimum atomic E-state index is -0.0667. The summed E-state index contributed by atoms with van der Waals surface area (Å²) in [5, 5.41) is 3.90. The Morgan fingerprint density at radius 1 is 1.03 bits per heavy atom. The first-order valence-electron chi connectivity index (χ1n) is 10.9. The number of carbonyl (C=O) groups is 1. The Kier molecular flexibility index (Phi) is 7.34. The van der Waals surface area contributed by atoms with Crippen molar-refractivity contribution in [3.8, 4) is 11.5 Å². The van der Waals surface area contributed by atoms with Crippen molar-refractivity contribution in [2.75, 3.05) is 37.5 Å². The van der Waals surface area contributed by atoms with E-state index in [2.05, 4.69) is 51.4 Å². The highest BCUT2D eigenvalue weighted by Gasteiger charge is 2.27. The van der Waals surface area contributed by atoms with E-state index in [1.54, 1.807) is 56.6 Å². The molecule has 172 valence electrons. The van der Waals surface area contributed by atoms with Crippen molar-refractivity contribution < 1.29 is 14.3 Å². The second-order valence-corrected chi connectivity index (χ2v) is 9.02. The lowest BCUT2D eigenvalue weighted by Gasteiger charge is -2.32. The van der Waals surface area contributed by atoms with Gasteiger partial charge in [0.2, 0.25) is 5.91 Å². The van der Waals surface area contributed by atoms with E-state index in [0.717, 1.165) is 41.7 Å². The van der Waals surface area contributed by atoms with Crippen molar-refractivity contribution >= 4 is 29.2 Å². The number of anilines is 2. The van der Waals surface area contributed by atoms with Crippen molar-refractivity contribution in [1.29, 1.82) is 0 Å². The van der Waals surface area contributed by atoms with Crippen molar-refractivity contribution in [3.63, 3.8) is 0 Å². The highest BCUT2D eigenvalue weighted by molar-refractivity contribution is 7.99. The van der Waals surface area contributed by atoms with Gasteiger partial charge in [0.25, 0.3) is 0 Å². The molecule has 0 spiro atoms. The number of nitrogens with one attached hydrogen (secondary N) is 1. The van der Waals surface area contributed by atoms with Gasteiger partial charge in [0, 0.05) is 60.2 Å². The largest absolute Gasteiger partial charge is 0.497 e. The zero-order chi connectivity index (χ0) is 23.2. The van der Waals surface area contributed by atoms with Crippen LogP contribution in [0.2, 0.25) is 0 Å². The maximum atomic E-state index is 12.9. The van der Waals surface area contributed by atoms with Crippen LogP contribution < -0.4 is 19.7 Å². The summed E-state index contributed by atoms with van der Waals surface area (Å²) in [5.41, 5.74) is 1.88. The molecule has 1 aromatic heterocycles. The van der Waals surface area contributed by atoms with Crippen LogP contribution in [0.25, 0.3) is 0 Å². The van der Waals surface area contributed by atoms with E-state index in [1.807, 2.05) is 0 Å². The number of methoxy groups -OCH3 is 2. The lowest BCUT2D eigenvalue weighted by molar-refractivity contribution is -0.120. The van der Waals surface area contributed by atoms with Gasteiger partial charge in [-0.25, -0.2) is 9.97 Å². The summed E-state index contributed by atoms with van der Waals surface area (Å²) in [6, 6.07) is 13.7. The van der Waals surface area contributed by atoms with Crippen molar-refractivity contribution in [1.82, 2.24) is 9.97 Å². The molecule has 1 amide bonds. The zero-order valence-electron chi connectivity index (χ0n) is 19.1. The molecule has 8 heteroatoms. The van der Waals surface area contributed by atoms with Crippen LogP contribution in [0.4, 0.5) is 11.5 Å². The molecule has 0 radical (unpaired) electrons. The molecule has 4 rings (SSSR count). The van der Waals surface area contributed by atoms with Crippen LogP contribution >= 0.6 is 11.8 Å². The second kappa shape index (κ2) is 10.6. The molecule has 3 aromatic rings. The number of hydrogen-bond donors (Lipinski definition) is 1. The number of ether oxygens (including phenoxy) is 2. The number of benzene rings is 2. The number of amides is 1. The van der Waals surface area contributed by atoms with Gasteiger partial charge in [-0.3, -0.25) is 4.79 Å². The number of rotatable bonds is 7. The molecular weight excluding hydrogens is 436 g/mol. The smallest absolute Gasteiger partial charge is 0.227 e. The molecule has 2 heterocycles. The van der Waals surface area contributed by atoms with Crippen LogP contribution in [0.1, 0.15) is 18.4 Å². The highest BCUT2D eigenvalue weighted by Crippen LogP contribution is 2.34. The summed E-state index contributed by atoms with van der Waals surface area (Å²) in [5.74, 6) is 2.10. The van der Waals surface area contributed by atoms with Gasteiger partial charge >= 0.3 is 0 Å². The van der Waals surface area contributed by atoms with Crippen LogP contribution in [-0.2, 0) is 4.79 Å². The Bertz CT molecular complexity index is 1090. The van der Waals surface area contributed by atoms with E-state index in [1.165, 1.54) is 5.56 Å². The molecule has 33 heavy (non-hydrogen) atoms. The van der Waals surface area contributed by atoms with Crippen molar-refractivity contribution in [2.24, 2.45) is 5.92 Å². The second-order valence-electron chi connectivity index (χ2n) is 7.96. The standard InChI is InChI=1S/C25H28N4O3S/c1-17-5-4-6-22(13-17)33-25-23(26-9-10-27-25)29-11-7-18(8-12-29)24(30)28-19-14-20(31-2)16-21(15-19)32-3/h4-6,9-10,13-16,18H,7-8,11-12H2,1-3H3,(H,28,30). The molecule has 1 saturated heterocycles. The topological polar surface area (TPSA) is 76.6 Å². The molecule has 7 nitrogen and oxygen atoms in total. The molecule has 1 aliphatic rings. The number of piperidine rings is 1. The minimum absolute atomic E-state index is 0.0125. The van der Waals surface area contributed by atoms with Gasteiger partial charge in [0.1, 0.15) is 16.5 Å². The fourth-order valence-electron chi connectivity index (χ4n) is 3.87. The number of aromatic nitrogens is 2. The van der Waals surface area contributed by atoms with Crippen molar-refractivity contribution in [3.05, 3.63) is 60.4 Å². The predicted octanol–water partition coefficient (Wildman–Crippen LogP) is 4.81. The van der Waals surface area contributed by atoms with E-state index in [0.29, 0.717) is 17.2 Å². The molecule has 0 atom stereocenters. The summed E-state index contributed by atoms with van der Waals surface area (Å²) in [7, 11) is 3.18. The fraction of sp³-hybridized carbons (Fsp3) is 0.320. The van der Waals surface area contributed by atoms with E-state index in [-0.39, 0.29) is 11.8 Å². The minimum Gasteiger partial charge on any atom is -0.497 e. The third kappa shape index (κ3) is 5.76. The van der Waals surface area contributed by atoms with Gasteiger partial charge < -0.3 is 19.7 Å². The summed E-state index contributed by atoms with van der Waals surface area (Å²) in [6.07, 6.45) is 4.95. The maximum Gasteiger partial charge on any atom is 0.227 e. The number of carbonyl (C=O) groups excluding carboxylic acids is 1. The lowest BCUT2D eigenvalue weighted by atomic mass is 9.96. The van der Waals surface area contributed by atoms with Crippen LogP contribution in [0.3, 0.4) is 0 Å². The number of aryl methyl sites for hydroxylation is 1. The van der Waals surface area contributed by atoms with E-state index in [9.17, 15) is 4.79 Å². The maximum absolute atomic E-state index is 12.9. The predicted molar refractivity (Wildman–Crippen MR) is 130 cm³/mol. The molecule has 0 saturated carbocycles. The van der Waals surface area contributed by atoms with Crippen LogP contribution in [0, 0.1) is 12.8 Å². The van der Waals surface area contributed by atoms with Gasteiger partial charge in [0.15, 0.2) is 5.82 Å². The third-order valence-corrected chi connectivity index (χ3v) is 6.61. The first kappa shape index (κ1) is 22.9. The monoisotopic (exact) mass is 464 g/mol. The first-order valence-corrected chi connectivity index (χ1v) is 11.7. The molecule has 1 aliphatic heterocycles. The Hall–Kier alpha value is -3.26. The average molecular weight is 465 g/mol. The van der Waals surface area contributed by atoms with Gasteiger partial charge in [0.05, 0.1) is 14.2 Å². The van der Waals surface area contributed by atoms with Crippen molar-refractivity contribution in [2.45, 2.75) is 29.7 Å². The fourth-order valence-corrected chi connectivity index (χ4v) is 4.88. The van der Waals surface area contributed by atoms with E-state index in [4.69, 9.17) is 9.47 Å². The molecule has 1 N–H and O–H groups in total. The third-order valence-electron chi connectivity index (χ3n) is 5.63. The SMILES string of the molecule is COc1cc(NC(=O)C2CCN(c3nccnc3Sc3cccc(C)c3)CC2)cc(OC)c1. The van der Waals surface area contributed by atoms with E-state index < -0.39 is 0 Å². The first-order chi connectivity index (χ1) is 16.1. The zero-order valence-corrected chi connectivity index (χ0v) is 19.9. The Morgan fingerprint density at radius 2 is 1.73 bits per heavy atom. The highest BCUT2D eigenvalue weighted by atomic mass is 32.2. The summed E-state index contributed by atoms with van der Waals surface area (Å²) in [4.78, 5) is 25.5. The summed E-state index contributed by atoms with van der Waals surface area (Å²) < 4.78 is 10.6. The van der Waals surface area contributed by atoms with Crippen LogP contribution in [0.15, 0.2) is 64.8 Å². The van der Waals surface area contributed by atoms with Gasteiger partial charge in [-0.05, 0) is 31.9 Å². The molecule has 0 unspecified atom stereocenters. The lowest BCUT2D eigenvalue weighted by Crippen LogP contribution is -2.38. The van der Waals surface area contributed by atoms with E-state index >= 15 is 0 Å². The van der Waals surface area contributed by atoms with Gasteiger partial charge in [-0.2, -0.15) is 0 Å². The summed E-state index contributed by atoms with van der Waals surface area (Å²) >= 11 is 1.62. The van der Waals surface area contributed by atoms with Crippen LogP contribution in [-0.4, -0.2) is 43.2 Å². The summed E-state index contributed by atoms with van der Waals surface area (Å²) in [6.45, 7) is 3.58. The Balaban J connectivity index is 1.40. The average Bonchev–Trinajstić information content (AvgIpc) is 2.84. The van der Waals surface area contributed by atoms with Gasteiger partial charge in [-0.15, -0.1) is 0 Å². The molecule has 0 aliphatic carbocycles. The van der Waals surface area contributed by atoms with Crippen LogP contribution in [0.5, 0.6) is 11.5 Å². The molecule has 0 bridgehead atoms. The quantitative estimate of drug-likeness (QED) is 0.538. The Morgan fingerprint density at radius 3 is 2.39 bits per heavy atom. The van der Waals surface area contributed by atoms with Gasteiger partial charge in [-0.1, -0.05) is 29.5 Å². The Labute approximate surface area is 198 Å². The number of hydrogen-bond acceptors (Lipinski definition) is 7. The molecular formula is C25H28N4O3S.